The lowest BCUT2D eigenvalue weighted by Gasteiger charge is -2.13. The van der Waals surface area contributed by atoms with Gasteiger partial charge in [0.05, 0.1) is 28.8 Å². The SMILES string of the molecule is CCOC(=O)c1sc(NC(=O)C(C)OC(=O)c2ccc3nc(-c4cccnc4)[nH]c3c2)c(C#N)c1C. The fourth-order valence-corrected chi connectivity index (χ4v) is 4.45. The lowest BCUT2D eigenvalue weighted by Crippen LogP contribution is -2.30. The molecule has 0 aliphatic heterocycles. The van der Waals surface area contributed by atoms with Crippen molar-refractivity contribution in [1.82, 2.24) is 15.0 Å². The van der Waals surface area contributed by atoms with Crippen molar-refractivity contribution in [2.45, 2.75) is 26.9 Å². The van der Waals surface area contributed by atoms with Gasteiger partial charge < -0.3 is 19.8 Å². The highest BCUT2D eigenvalue weighted by molar-refractivity contribution is 7.18. The van der Waals surface area contributed by atoms with E-state index in [0.717, 1.165) is 16.9 Å². The van der Waals surface area contributed by atoms with Crippen LogP contribution in [0, 0.1) is 18.3 Å². The largest absolute Gasteiger partial charge is 0.462 e. The average molecular weight is 504 g/mol. The van der Waals surface area contributed by atoms with Gasteiger partial charge in [0.1, 0.15) is 21.8 Å². The van der Waals surface area contributed by atoms with Gasteiger partial charge in [0.15, 0.2) is 6.10 Å². The van der Waals surface area contributed by atoms with Crippen LogP contribution in [0.1, 0.15) is 45.0 Å². The summed E-state index contributed by atoms with van der Waals surface area (Å²) >= 11 is 0.937. The molecule has 0 bridgehead atoms. The second-order valence-corrected chi connectivity index (χ2v) is 8.71. The van der Waals surface area contributed by atoms with E-state index >= 15 is 0 Å². The smallest absolute Gasteiger partial charge is 0.348 e. The van der Waals surface area contributed by atoms with Crippen molar-refractivity contribution < 1.29 is 23.9 Å². The van der Waals surface area contributed by atoms with Crippen LogP contribution in [0.15, 0.2) is 42.7 Å². The third-order valence-corrected chi connectivity index (χ3v) is 6.45. The highest BCUT2D eigenvalue weighted by Crippen LogP contribution is 2.33. The summed E-state index contributed by atoms with van der Waals surface area (Å²) in [6.07, 6.45) is 2.17. The maximum Gasteiger partial charge on any atom is 0.348 e. The second-order valence-electron chi connectivity index (χ2n) is 7.69. The van der Waals surface area contributed by atoms with Crippen LogP contribution in [0.3, 0.4) is 0 Å². The molecule has 1 atom stereocenters. The number of carbonyl (C=O) groups excluding carboxylic acids is 3. The van der Waals surface area contributed by atoms with E-state index < -0.39 is 23.9 Å². The van der Waals surface area contributed by atoms with E-state index in [9.17, 15) is 19.6 Å². The Hall–Kier alpha value is -4.56. The predicted octanol–water partition coefficient (Wildman–Crippen LogP) is 4.23. The minimum atomic E-state index is -1.17. The summed E-state index contributed by atoms with van der Waals surface area (Å²) in [7, 11) is 0. The number of hydrogen-bond donors (Lipinski definition) is 2. The molecular weight excluding hydrogens is 482 g/mol. The number of nitrogens with one attached hydrogen (secondary N) is 2. The number of pyridine rings is 1. The Kier molecular flexibility index (Phi) is 7.07. The highest BCUT2D eigenvalue weighted by atomic mass is 32.1. The Labute approximate surface area is 209 Å². The van der Waals surface area contributed by atoms with E-state index in [0.29, 0.717) is 22.4 Å². The minimum Gasteiger partial charge on any atom is -0.462 e. The molecule has 1 aromatic carbocycles. The first-order chi connectivity index (χ1) is 17.3. The van der Waals surface area contributed by atoms with Gasteiger partial charge in [-0.05, 0) is 56.7 Å². The number of anilines is 1. The van der Waals surface area contributed by atoms with Gasteiger partial charge in [-0.25, -0.2) is 14.6 Å². The van der Waals surface area contributed by atoms with Crippen molar-refractivity contribution in [3.63, 3.8) is 0 Å². The number of aromatic amines is 1. The van der Waals surface area contributed by atoms with E-state index in [-0.39, 0.29) is 27.6 Å². The summed E-state index contributed by atoms with van der Waals surface area (Å²) in [5.74, 6) is -1.31. The Morgan fingerprint density at radius 1 is 1.25 bits per heavy atom. The fourth-order valence-electron chi connectivity index (χ4n) is 3.40. The molecule has 11 heteroatoms. The van der Waals surface area contributed by atoms with Crippen molar-refractivity contribution in [2.75, 3.05) is 11.9 Å². The molecule has 0 aliphatic carbocycles. The zero-order chi connectivity index (χ0) is 25.8. The molecule has 2 N–H and O–H groups in total. The summed E-state index contributed by atoms with van der Waals surface area (Å²) in [6.45, 7) is 4.88. The molecule has 0 aliphatic rings. The number of ether oxygens (including phenoxy) is 2. The van der Waals surface area contributed by atoms with Crippen LogP contribution in [0.5, 0.6) is 0 Å². The van der Waals surface area contributed by atoms with Crippen LogP contribution in [-0.4, -0.2) is 45.5 Å². The number of rotatable bonds is 7. The molecular formula is C25H21N5O5S. The molecule has 0 saturated carbocycles. The minimum absolute atomic E-state index is 0.157. The lowest BCUT2D eigenvalue weighted by molar-refractivity contribution is -0.123. The third-order valence-electron chi connectivity index (χ3n) is 5.26. The molecule has 0 fully saturated rings. The molecule has 0 radical (unpaired) electrons. The highest BCUT2D eigenvalue weighted by Gasteiger charge is 2.25. The summed E-state index contributed by atoms with van der Waals surface area (Å²) in [5.41, 5.74) is 2.89. The maximum absolute atomic E-state index is 12.7. The first-order valence-electron chi connectivity index (χ1n) is 10.9. The van der Waals surface area contributed by atoms with Crippen molar-refractivity contribution in [3.05, 3.63) is 64.3 Å². The molecule has 4 aromatic rings. The zero-order valence-corrected chi connectivity index (χ0v) is 20.4. The van der Waals surface area contributed by atoms with Crippen molar-refractivity contribution in [2.24, 2.45) is 0 Å². The fraction of sp³-hybridized carbons (Fsp3) is 0.200. The third kappa shape index (κ3) is 4.94. The van der Waals surface area contributed by atoms with E-state index in [2.05, 4.69) is 20.3 Å². The molecule has 3 aromatic heterocycles. The Bertz CT molecular complexity index is 1500. The number of thiophene rings is 1. The molecule has 0 spiro atoms. The van der Waals surface area contributed by atoms with Gasteiger partial charge in [-0.1, -0.05) is 0 Å². The summed E-state index contributed by atoms with van der Waals surface area (Å²) in [6, 6.07) is 10.5. The van der Waals surface area contributed by atoms with Gasteiger partial charge in [-0.2, -0.15) is 5.26 Å². The van der Waals surface area contributed by atoms with Crippen molar-refractivity contribution >= 4 is 45.2 Å². The molecule has 0 saturated heterocycles. The van der Waals surface area contributed by atoms with Crippen LogP contribution in [0.2, 0.25) is 0 Å². The van der Waals surface area contributed by atoms with Gasteiger partial charge in [-0.3, -0.25) is 9.78 Å². The van der Waals surface area contributed by atoms with E-state index in [1.54, 1.807) is 50.5 Å². The van der Waals surface area contributed by atoms with Crippen LogP contribution in [-0.2, 0) is 14.3 Å². The maximum atomic E-state index is 12.7. The Morgan fingerprint density at radius 2 is 2.06 bits per heavy atom. The molecule has 1 unspecified atom stereocenters. The standard InChI is InChI=1S/C25H21N5O5S/c1-4-34-25(33)20-13(2)17(11-26)23(36-20)30-22(31)14(3)35-24(32)15-7-8-18-19(10-15)29-21(28-18)16-6-5-9-27-12-16/h5-10,12,14H,4H2,1-3H3,(H,28,29)(H,30,31). The number of H-pyrrole nitrogens is 1. The number of imidazole rings is 1. The van der Waals surface area contributed by atoms with Gasteiger partial charge in [-0.15, -0.1) is 11.3 Å². The molecule has 4 rings (SSSR count). The summed E-state index contributed by atoms with van der Waals surface area (Å²) in [4.78, 5) is 49.5. The van der Waals surface area contributed by atoms with Crippen molar-refractivity contribution in [1.29, 1.82) is 5.26 Å². The first kappa shape index (κ1) is 24.6. The predicted molar refractivity (Wildman–Crippen MR) is 133 cm³/mol. The van der Waals surface area contributed by atoms with Gasteiger partial charge in [0.2, 0.25) is 0 Å². The lowest BCUT2D eigenvalue weighted by atomic mass is 10.1. The van der Waals surface area contributed by atoms with Gasteiger partial charge in [0.25, 0.3) is 5.91 Å². The van der Waals surface area contributed by atoms with Crippen molar-refractivity contribution in [3.8, 4) is 17.5 Å². The van der Waals surface area contributed by atoms with E-state index in [1.807, 2.05) is 12.1 Å². The Balaban J connectivity index is 1.47. The molecule has 10 nitrogen and oxygen atoms in total. The summed E-state index contributed by atoms with van der Waals surface area (Å²) < 4.78 is 10.3. The number of nitrogens with zero attached hydrogens (tertiary/aromatic N) is 3. The zero-order valence-electron chi connectivity index (χ0n) is 19.6. The van der Waals surface area contributed by atoms with Gasteiger partial charge in [0, 0.05) is 18.0 Å². The average Bonchev–Trinajstić information content (AvgIpc) is 3.44. The van der Waals surface area contributed by atoms with E-state index in [1.165, 1.54) is 6.92 Å². The number of carbonyl (C=O) groups is 3. The second kappa shape index (κ2) is 10.4. The monoisotopic (exact) mass is 503 g/mol. The quantitative estimate of drug-likeness (QED) is 0.356. The molecule has 182 valence electrons. The van der Waals surface area contributed by atoms with Crippen LogP contribution >= 0.6 is 11.3 Å². The number of nitriles is 1. The van der Waals surface area contributed by atoms with Crippen LogP contribution in [0.4, 0.5) is 5.00 Å². The Morgan fingerprint density at radius 3 is 2.75 bits per heavy atom. The van der Waals surface area contributed by atoms with E-state index in [4.69, 9.17) is 9.47 Å². The first-order valence-corrected chi connectivity index (χ1v) is 11.8. The number of hydrogen-bond acceptors (Lipinski definition) is 9. The molecule has 3 heterocycles. The van der Waals surface area contributed by atoms with Crippen LogP contribution < -0.4 is 5.32 Å². The number of benzene rings is 1. The number of amides is 1. The number of aromatic nitrogens is 3. The summed E-state index contributed by atoms with van der Waals surface area (Å²) in [5, 5.41) is 12.3. The number of fused-ring (bicyclic) bond motifs is 1. The molecule has 36 heavy (non-hydrogen) atoms. The normalized spacial score (nSPS) is 11.5. The molecule has 1 amide bonds. The van der Waals surface area contributed by atoms with Crippen LogP contribution in [0.25, 0.3) is 22.4 Å². The topological polar surface area (TPSA) is 147 Å². The van der Waals surface area contributed by atoms with Gasteiger partial charge >= 0.3 is 11.9 Å². The number of esters is 2.